The lowest BCUT2D eigenvalue weighted by molar-refractivity contribution is -0.137. The van der Waals surface area contributed by atoms with E-state index in [4.69, 9.17) is 14.6 Å². The summed E-state index contributed by atoms with van der Waals surface area (Å²) in [6.07, 6.45) is 6.73. The summed E-state index contributed by atoms with van der Waals surface area (Å²) < 4.78 is 11.9. The topological polar surface area (TPSA) is 76.1 Å². The second kappa shape index (κ2) is 12.9. The standard InChI is InChI=1S/C30H37NO5/c1-22-8-12-24(13-9-22)25-14-10-23(11-15-25)21-36-28-20-27(32)30(31-16-18-35-19-17-31)26(28)6-4-2-3-5-7-29(33)34/h2,4,8-15,26,28,30H,3,5-7,16-21H2,1H3,(H,33,34)/b4-2-/t26-,28-,30+/m0/s1. The number of nitrogens with zero attached hydrogens (tertiary/aromatic N) is 1. The fraction of sp³-hybridized carbons (Fsp3) is 0.467. The average molecular weight is 492 g/mol. The number of aliphatic carboxylic acids is 1. The summed E-state index contributed by atoms with van der Waals surface area (Å²) in [6.45, 7) is 5.40. The zero-order valence-electron chi connectivity index (χ0n) is 21.1. The van der Waals surface area contributed by atoms with Crippen molar-refractivity contribution in [3.63, 3.8) is 0 Å². The lowest BCUT2D eigenvalue weighted by Gasteiger charge is -2.35. The maximum atomic E-state index is 13.1. The van der Waals surface area contributed by atoms with E-state index in [0.29, 0.717) is 32.7 Å². The highest BCUT2D eigenvalue weighted by Crippen LogP contribution is 2.34. The number of unbranched alkanes of at least 4 members (excludes halogenated alkanes) is 1. The maximum absolute atomic E-state index is 13.1. The predicted molar refractivity (Wildman–Crippen MR) is 140 cm³/mol. The number of carboxylic acids is 1. The Balaban J connectivity index is 1.38. The van der Waals surface area contributed by atoms with Crippen LogP contribution in [0.2, 0.25) is 0 Å². The third-order valence-corrected chi connectivity index (χ3v) is 7.19. The molecule has 3 atom stereocenters. The Kier molecular flexibility index (Phi) is 9.45. The van der Waals surface area contributed by atoms with Crippen LogP contribution in [0, 0.1) is 12.8 Å². The molecule has 0 radical (unpaired) electrons. The van der Waals surface area contributed by atoms with Crippen LogP contribution >= 0.6 is 0 Å². The van der Waals surface area contributed by atoms with Gasteiger partial charge in [0.15, 0.2) is 5.78 Å². The van der Waals surface area contributed by atoms with Gasteiger partial charge in [0.2, 0.25) is 0 Å². The number of carbonyl (C=O) groups excluding carboxylic acids is 1. The van der Waals surface area contributed by atoms with Crippen molar-refractivity contribution < 1.29 is 24.2 Å². The van der Waals surface area contributed by atoms with Crippen LogP contribution in [0.3, 0.4) is 0 Å². The van der Waals surface area contributed by atoms with E-state index in [0.717, 1.165) is 31.5 Å². The third kappa shape index (κ3) is 7.12. The summed E-state index contributed by atoms with van der Waals surface area (Å²) in [5.41, 5.74) is 4.71. The Morgan fingerprint density at radius 3 is 2.39 bits per heavy atom. The highest BCUT2D eigenvalue weighted by atomic mass is 16.5. The molecule has 2 aliphatic rings. The van der Waals surface area contributed by atoms with E-state index in [1.54, 1.807) is 0 Å². The summed E-state index contributed by atoms with van der Waals surface area (Å²) in [5.74, 6) is -0.434. The molecule has 2 fully saturated rings. The second-order valence-electron chi connectivity index (χ2n) is 9.83. The molecule has 36 heavy (non-hydrogen) atoms. The van der Waals surface area contributed by atoms with E-state index in [-0.39, 0.29) is 30.3 Å². The predicted octanol–water partition coefficient (Wildman–Crippen LogP) is 5.04. The van der Waals surface area contributed by atoms with Gasteiger partial charge >= 0.3 is 5.97 Å². The number of benzene rings is 2. The van der Waals surface area contributed by atoms with Gasteiger partial charge in [-0.25, -0.2) is 0 Å². The Morgan fingerprint density at radius 1 is 1.06 bits per heavy atom. The number of carbonyl (C=O) groups is 2. The minimum atomic E-state index is -0.766. The van der Waals surface area contributed by atoms with Crippen LogP contribution in [0.15, 0.2) is 60.7 Å². The zero-order valence-corrected chi connectivity index (χ0v) is 21.1. The molecule has 1 aliphatic heterocycles. The number of hydrogen-bond donors (Lipinski definition) is 1. The fourth-order valence-electron chi connectivity index (χ4n) is 5.19. The summed E-state index contributed by atoms with van der Waals surface area (Å²) in [4.78, 5) is 26.1. The van der Waals surface area contributed by atoms with Crippen molar-refractivity contribution >= 4 is 11.8 Å². The van der Waals surface area contributed by atoms with Gasteiger partial charge in [-0.05, 0) is 42.9 Å². The molecular weight excluding hydrogens is 454 g/mol. The largest absolute Gasteiger partial charge is 0.481 e. The number of carboxylic acid groups (broad SMARTS) is 1. The molecule has 4 rings (SSSR count). The van der Waals surface area contributed by atoms with E-state index in [2.05, 4.69) is 66.4 Å². The highest BCUT2D eigenvalue weighted by Gasteiger charge is 2.45. The number of ether oxygens (including phenoxy) is 2. The van der Waals surface area contributed by atoms with Gasteiger partial charge in [0.1, 0.15) is 0 Å². The first-order chi connectivity index (χ1) is 17.5. The molecule has 0 amide bonds. The molecule has 6 heteroatoms. The molecule has 1 aliphatic carbocycles. The van der Waals surface area contributed by atoms with Gasteiger partial charge in [0.05, 0.1) is 32.0 Å². The van der Waals surface area contributed by atoms with Gasteiger partial charge in [-0.1, -0.05) is 66.2 Å². The van der Waals surface area contributed by atoms with Crippen molar-refractivity contribution in [2.24, 2.45) is 5.92 Å². The van der Waals surface area contributed by atoms with E-state index in [9.17, 15) is 9.59 Å². The van der Waals surface area contributed by atoms with Gasteiger partial charge < -0.3 is 14.6 Å². The van der Waals surface area contributed by atoms with E-state index in [1.165, 1.54) is 16.7 Å². The van der Waals surface area contributed by atoms with Crippen LogP contribution < -0.4 is 0 Å². The summed E-state index contributed by atoms with van der Waals surface area (Å²) in [6, 6.07) is 16.8. The third-order valence-electron chi connectivity index (χ3n) is 7.19. The van der Waals surface area contributed by atoms with Crippen molar-refractivity contribution in [3.8, 4) is 11.1 Å². The molecule has 2 aromatic rings. The molecule has 2 aromatic carbocycles. The number of Topliss-reactive ketones (excluding diaryl/α,β-unsaturated/α-hetero) is 1. The molecular formula is C30H37NO5. The molecule has 0 unspecified atom stereocenters. The number of ketones is 1. The van der Waals surface area contributed by atoms with Crippen molar-refractivity contribution in [2.45, 2.75) is 57.8 Å². The van der Waals surface area contributed by atoms with Crippen LogP contribution in [0.25, 0.3) is 11.1 Å². The Bertz CT molecular complexity index is 1020. The van der Waals surface area contributed by atoms with Crippen LogP contribution in [0.5, 0.6) is 0 Å². The van der Waals surface area contributed by atoms with Gasteiger partial charge in [0, 0.05) is 31.8 Å². The lowest BCUT2D eigenvalue weighted by Crippen LogP contribution is -2.49. The first-order valence-corrected chi connectivity index (χ1v) is 13.0. The normalized spacial score (nSPS) is 22.9. The second-order valence-corrected chi connectivity index (χ2v) is 9.83. The first-order valence-electron chi connectivity index (χ1n) is 13.0. The number of aryl methyl sites for hydroxylation is 1. The van der Waals surface area contributed by atoms with Gasteiger partial charge in [-0.3, -0.25) is 14.5 Å². The van der Waals surface area contributed by atoms with E-state index in [1.807, 2.05) is 6.08 Å². The summed E-state index contributed by atoms with van der Waals surface area (Å²) >= 11 is 0. The molecule has 6 nitrogen and oxygen atoms in total. The van der Waals surface area contributed by atoms with Crippen LogP contribution in [-0.4, -0.2) is 60.2 Å². The monoisotopic (exact) mass is 491 g/mol. The molecule has 1 saturated heterocycles. The Hall–Kier alpha value is -2.80. The Labute approximate surface area is 213 Å². The molecule has 192 valence electrons. The van der Waals surface area contributed by atoms with Crippen LogP contribution in [-0.2, 0) is 25.7 Å². The molecule has 0 aromatic heterocycles. The zero-order chi connectivity index (χ0) is 25.3. The van der Waals surface area contributed by atoms with Gasteiger partial charge in [0.25, 0.3) is 0 Å². The molecule has 1 N–H and O–H groups in total. The summed E-state index contributed by atoms with van der Waals surface area (Å²) in [7, 11) is 0. The minimum absolute atomic E-state index is 0.0816. The molecule has 0 spiro atoms. The quantitative estimate of drug-likeness (QED) is 0.351. The lowest BCUT2D eigenvalue weighted by atomic mass is 9.95. The number of allylic oxidation sites excluding steroid dienone is 2. The number of hydrogen-bond acceptors (Lipinski definition) is 5. The summed E-state index contributed by atoms with van der Waals surface area (Å²) in [5, 5.41) is 8.83. The van der Waals surface area contributed by atoms with E-state index < -0.39 is 5.97 Å². The molecule has 1 heterocycles. The van der Waals surface area contributed by atoms with Gasteiger partial charge in [-0.15, -0.1) is 0 Å². The smallest absolute Gasteiger partial charge is 0.303 e. The van der Waals surface area contributed by atoms with Crippen molar-refractivity contribution in [3.05, 3.63) is 71.8 Å². The van der Waals surface area contributed by atoms with Crippen LogP contribution in [0.4, 0.5) is 0 Å². The Morgan fingerprint density at radius 2 is 1.72 bits per heavy atom. The van der Waals surface area contributed by atoms with Crippen LogP contribution in [0.1, 0.15) is 43.2 Å². The first kappa shape index (κ1) is 26.3. The minimum Gasteiger partial charge on any atom is -0.481 e. The van der Waals surface area contributed by atoms with Crippen molar-refractivity contribution in [1.29, 1.82) is 0 Å². The number of morpholine rings is 1. The SMILES string of the molecule is Cc1ccc(-c2ccc(CO[C@H]3CC(=O)[C@H](N4CCOCC4)[C@H]3C/C=C\CCCC(=O)O)cc2)cc1. The van der Waals surface area contributed by atoms with Gasteiger partial charge in [-0.2, -0.15) is 0 Å². The van der Waals surface area contributed by atoms with Crippen molar-refractivity contribution in [2.75, 3.05) is 26.3 Å². The van der Waals surface area contributed by atoms with E-state index >= 15 is 0 Å². The molecule has 1 saturated carbocycles. The average Bonchev–Trinajstić information content (AvgIpc) is 3.20. The molecule has 0 bridgehead atoms. The highest BCUT2D eigenvalue weighted by molar-refractivity contribution is 5.87. The maximum Gasteiger partial charge on any atom is 0.303 e. The fourth-order valence-corrected chi connectivity index (χ4v) is 5.19. The van der Waals surface area contributed by atoms with Crippen molar-refractivity contribution in [1.82, 2.24) is 4.90 Å². The number of rotatable bonds is 11.